The Hall–Kier alpha value is -1.96. The van der Waals surface area contributed by atoms with Gasteiger partial charge in [-0.1, -0.05) is 31.4 Å². The number of benzene rings is 1. The van der Waals surface area contributed by atoms with Crippen LogP contribution in [0.5, 0.6) is 0 Å². The topological polar surface area (TPSA) is 85.8 Å². The van der Waals surface area contributed by atoms with Crippen LogP contribution in [0.3, 0.4) is 0 Å². The summed E-state index contributed by atoms with van der Waals surface area (Å²) in [7, 11) is 0. The zero-order valence-electron chi connectivity index (χ0n) is 14.4. The van der Waals surface area contributed by atoms with Crippen LogP contribution >= 0.6 is 23.7 Å². The van der Waals surface area contributed by atoms with Crippen LogP contribution in [-0.2, 0) is 6.54 Å². The first-order valence-electron chi connectivity index (χ1n) is 8.69. The van der Waals surface area contributed by atoms with Crippen molar-refractivity contribution in [2.24, 2.45) is 5.73 Å². The Bertz CT molecular complexity index is 900. The monoisotopic (exact) mass is 391 g/mol. The van der Waals surface area contributed by atoms with Gasteiger partial charge in [0.25, 0.3) is 5.91 Å². The molecule has 0 saturated heterocycles. The minimum atomic E-state index is -0.233. The Balaban J connectivity index is 0.00000196. The van der Waals surface area contributed by atoms with Crippen LogP contribution in [-0.4, -0.2) is 20.4 Å². The van der Waals surface area contributed by atoms with E-state index in [1.54, 1.807) is 5.38 Å². The number of hydrogen-bond donors (Lipinski definition) is 2. The molecule has 1 aliphatic rings. The van der Waals surface area contributed by atoms with Gasteiger partial charge in [0.1, 0.15) is 10.7 Å². The van der Waals surface area contributed by atoms with Gasteiger partial charge in [0.2, 0.25) is 5.95 Å². The molecule has 3 aromatic rings. The molecule has 26 heavy (non-hydrogen) atoms. The first-order valence-corrected chi connectivity index (χ1v) is 9.57. The summed E-state index contributed by atoms with van der Waals surface area (Å²) < 4.78 is 2.20. The summed E-state index contributed by atoms with van der Waals surface area (Å²) in [5, 5.41) is 5.46. The first-order chi connectivity index (χ1) is 12.3. The summed E-state index contributed by atoms with van der Waals surface area (Å²) in [6, 6.07) is 8.43. The highest BCUT2D eigenvalue weighted by molar-refractivity contribution is 7.09. The van der Waals surface area contributed by atoms with Crippen LogP contribution in [0, 0.1) is 0 Å². The minimum Gasteiger partial charge on any atom is -0.325 e. The van der Waals surface area contributed by atoms with E-state index in [4.69, 9.17) is 5.73 Å². The van der Waals surface area contributed by atoms with Gasteiger partial charge in [-0.3, -0.25) is 10.1 Å². The zero-order chi connectivity index (χ0) is 17.2. The van der Waals surface area contributed by atoms with E-state index in [1.807, 2.05) is 18.2 Å². The largest absolute Gasteiger partial charge is 0.325 e. The average molecular weight is 392 g/mol. The van der Waals surface area contributed by atoms with E-state index in [-0.39, 0.29) is 18.3 Å². The lowest BCUT2D eigenvalue weighted by atomic mass is 9.95. The molecule has 1 fully saturated rings. The van der Waals surface area contributed by atoms with Crippen LogP contribution in [0.15, 0.2) is 29.6 Å². The molecule has 0 spiro atoms. The third-order valence-corrected chi connectivity index (χ3v) is 5.59. The highest BCUT2D eigenvalue weighted by Crippen LogP contribution is 2.34. The third-order valence-electron chi connectivity index (χ3n) is 4.72. The maximum Gasteiger partial charge on any atom is 0.277 e. The van der Waals surface area contributed by atoms with E-state index in [1.165, 1.54) is 30.6 Å². The summed E-state index contributed by atoms with van der Waals surface area (Å²) >= 11 is 1.40. The lowest BCUT2D eigenvalue weighted by Crippen LogP contribution is -2.20. The standard InChI is InChI=1S/C18H21N5OS.ClH/c19-10-16-20-14(11-25-16)17(24)22-18-21-13-8-4-5-9-15(13)23(18)12-6-2-1-3-7-12;/h4-5,8-9,11-12H,1-3,6-7,10,19H2,(H,21,22,24);1H. The summed E-state index contributed by atoms with van der Waals surface area (Å²) in [5.41, 5.74) is 7.97. The molecule has 0 unspecified atom stereocenters. The fourth-order valence-electron chi connectivity index (χ4n) is 3.52. The van der Waals surface area contributed by atoms with Gasteiger partial charge in [0, 0.05) is 18.0 Å². The van der Waals surface area contributed by atoms with E-state index in [2.05, 4.69) is 25.9 Å². The van der Waals surface area contributed by atoms with Crippen molar-refractivity contribution < 1.29 is 4.79 Å². The first kappa shape index (κ1) is 18.8. The number of amides is 1. The average Bonchev–Trinajstić information content (AvgIpc) is 3.26. The molecule has 138 valence electrons. The number of rotatable bonds is 4. The Morgan fingerprint density at radius 3 is 2.73 bits per heavy atom. The smallest absolute Gasteiger partial charge is 0.277 e. The molecule has 2 aromatic heterocycles. The van der Waals surface area contributed by atoms with Crippen LogP contribution in [0.25, 0.3) is 11.0 Å². The number of carbonyl (C=O) groups excluding carboxylic acids is 1. The number of carbonyl (C=O) groups is 1. The Kier molecular flexibility index (Phi) is 5.90. The van der Waals surface area contributed by atoms with Crippen LogP contribution in [0.1, 0.15) is 53.6 Å². The number of para-hydroxylation sites is 2. The van der Waals surface area contributed by atoms with Gasteiger partial charge in [-0.15, -0.1) is 23.7 Å². The van der Waals surface area contributed by atoms with E-state index in [9.17, 15) is 4.79 Å². The molecule has 1 amide bonds. The van der Waals surface area contributed by atoms with Crippen LogP contribution in [0.2, 0.25) is 0 Å². The van der Waals surface area contributed by atoms with Crippen molar-refractivity contribution in [2.45, 2.75) is 44.7 Å². The molecule has 1 aromatic carbocycles. The number of anilines is 1. The van der Waals surface area contributed by atoms with Crippen molar-refractivity contribution in [1.82, 2.24) is 14.5 Å². The predicted molar refractivity (Wildman–Crippen MR) is 107 cm³/mol. The van der Waals surface area contributed by atoms with Crippen molar-refractivity contribution in [3.05, 3.63) is 40.3 Å². The SMILES string of the molecule is Cl.NCc1nc(C(=O)Nc2nc3ccccc3n2C2CCCCC2)cs1. The van der Waals surface area contributed by atoms with E-state index >= 15 is 0 Å². The molecule has 1 aliphatic carbocycles. The van der Waals surface area contributed by atoms with E-state index in [0.717, 1.165) is 28.9 Å². The number of imidazole rings is 1. The molecule has 0 aliphatic heterocycles. The quantitative estimate of drug-likeness (QED) is 0.700. The second-order valence-electron chi connectivity index (χ2n) is 6.37. The number of fused-ring (bicyclic) bond motifs is 1. The Morgan fingerprint density at radius 1 is 1.23 bits per heavy atom. The summed E-state index contributed by atoms with van der Waals surface area (Å²) in [6.45, 7) is 0.346. The van der Waals surface area contributed by atoms with Crippen molar-refractivity contribution in [1.29, 1.82) is 0 Å². The van der Waals surface area contributed by atoms with Crippen molar-refractivity contribution >= 4 is 46.6 Å². The summed E-state index contributed by atoms with van der Waals surface area (Å²) in [4.78, 5) is 21.5. The fourth-order valence-corrected chi connectivity index (χ4v) is 4.17. The van der Waals surface area contributed by atoms with Gasteiger partial charge < -0.3 is 10.3 Å². The molecular formula is C18H22ClN5OS. The second-order valence-corrected chi connectivity index (χ2v) is 7.31. The van der Waals surface area contributed by atoms with Crippen molar-refractivity contribution in [3.63, 3.8) is 0 Å². The molecule has 4 rings (SSSR count). The summed E-state index contributed by atoms with van der Waals surface area (Å²) in [5.74, 6) is 0.378. The van der Waals surface area contributed by atoms with Gasteiger partial charge in [0.05, 0.1) is 11.0 Å². The lowest BCUT2D eigenvalue weighted by Gasteiger charge is -2.25. The van der Waals surface area contributed by atoms with Crippen molar-refractivity contribution in [2.75, 3.05) is 5.32 Å². The molecule has 1 saturated carbocycles. The fraction of sp³-hybridized carbons (Fsp3) is 0.389. The molecule has 6 nitrogen and oxygen atoms in total. The highest BCUT2D eigenvalue weighted by atomic mass is 35.5. The number of nitrogens with zero attached hydrogens (tertiary/aromatic N) is 3. The second kappa shape index (κ2) is 8.16. The van der Waals surface area contributed by atoms with E-state index < -0.39 is 0 Å². The van der Waals surface area contributed by atoms with Gasteiger partial charge in [-0.2, -0.15) is 0 Å². The third kappa shape index (κ3) is 3.60. The predicted octanol–water partition coefficient (Wildman–Crippen LogP) is 4.13. The van der Waals surface area contributed by atoms with Gasteiger partial charge in [-0.05, 0) is 25.0 Å². The minimum absolute atomic E-state index is 0. The Labute approximate surface area is 162 Å². The van der Waals surface area contributed by atoms with Gasteiger partial charge in [-0.25, -0.2) is 9.97 Å². The maximum atomic E-state index is 12.6. The maximum absolute atomic E-state index is 12.6. The number of hydrogen-bond acceptors (Lipinski definition) is 5. The number of aromatic nitrogens is 3. The highest BCUT2D eigenvalue weighted by Gasteiger charge is 2.23. The summed E-state index contributed by atoms with van der Waals surface area (Å²) in [6.07, 6.45) is 5.97. The molecule has 2 heterocycles. The molecule has 0 bridgehead atoms. The number of halogens is 1. The number of nitrogens with two attached hydrogens (primary N) is 1. The van der Waals surface area contributed by atoms with Gasteiger partial charge >= 0.3 is 0 Å². The molecule has 0 atom stereocenters. The van der Waals surface area contributed by atoms with Gasteiger partial charge in [0.15, 0.2) is 0 Å². The normalized spacial score (nSPS) is 15.0. The molecule has 0 radical (unpaired) electrons. The van der Waals surface area contributed by atoms with Crippen LogP contribution in [0.4, 0.5) is 5.95 Å². The number of thiazole rings is 1. The zero-order valence-corrected chi connectivity index (χ0v) is 16.0. The van der Waals surface area contributed by atoms with E-state index in [0.29, 0.717) is 24.2 Å². The Morgan fingerprint density at radius 2 is 2.00 bits per heavy atom. The molecule has 8 heteroatoms. The molecular weight excluding hydrogens is 370 g/mol. The van der Waals surface area contributed by atoms with Crippen LogP contribution < -0.4 is 11.1 Å². The number of nitrogens with one attached hydrogen (secondary N) is 1. The van der Waals surface area contributed by atoms with Crippen molar-refractivity contribution in [3.8, 4) is 0 Å². The molecule has 3 N–H and O–H groups in total. The lowest BCUT2D eigenvalue weighted by molar-refractivity contribution is 0.102.